The van der Waals surface area contributed by atoms with E-state index in [1.54, 1.807) is 16.5 Å². The molecule has 1 heterocycles. The Morgan fingerprint density at radius 2 is 1.74 bits per heavy atom. The summed E-state index contributed by atoms with van der Waals surface area (Å²) in [6.45, 7) is 4.01. The maximum Gasteiger partial charge on any atom is 0.252 e. The van der Waals surface area contributed by atoms with Gasteiger partial charge in [-0.05, 0) is 9.39 Å². The van der Waals surface area contributed by atoms with E-state index < -0.39 is 11.6 Å². The molecular formula is C14H13N2O2P. The van der Waals surface area contributed by atoms with E-state index in [4.69, 9.17) is 0 Å². The van der Waals surface area contributed by atoms with Crippen LogP contribution in [0.25, 0.3) is 11.3 Å². The molecule has 5 heteroatoms. The number of hydrogen-bond acceptors (Lipinski definition) is 3. The maximum absolute atomic E-state index is 12.2. The van der Waals surface area contributed by atoms with Gasteiger partial charge in [0, 0.05) is 17.0 Å². The molecule has 0 aliphatic heterocycles. The summed E-state index contributed by atoms with van der Waals surface area (Å²) in [6, 6.07) is 7.12. The zero-order valence-electron chi connectivity index (χ0n) is 10.7. The minimum atomic E-state index is -0.483. The molecule has 0 saturated heterocycles. The predicted molar refractivity (Wildman–Crippen MR) is 75.5 cm³/mol. The van der Waals surface area contributed by atoms with Crippen LogP contribution >= 0.6 is 9.39 Å². The number of imidazole rings is 1. The van der Waals surface area contributed by atoms with Gasteiger partial charge in [-0.25, -0.2) is 4.98 Å². The van der Waals surface area contributed by atoms with Crippen LogP contribution in [0.1, 0.15) is 46.4 Å². The Kier molecular flexibility index (Phi) is 2.64. The van der Waals surface area contributed by atoms with Crippen LogP contribution in [0.4, 0.5) is 0 Å². The van der Waals surface area contributed by atoms with Gasteiger partial charge < -0.3 is 4.34 Å². The van der Waals surface area contributed by atoms with E-state index in [0.717, 1.165) is 11.4 Å². The standard InChI is InChI=1S/C14H13N2O2P/c1-7(2)14-15-10-8-5-3-4-6-9(8)12(17)13(18)11(10)16(14)19/h3-7H,19H2,1-2H3. The second kappa shape index (κ2) is 4.10. The Bertz CT molecular complexity index is 716. The molecule has 96 valence electrons. The summed E-state index contributed by atoms with van der Waals surface area (Å²) in [4.78, 5) is 28.9. The first-order valence-corrected chi connectivity index (χ1v) is 6.60. The molecule has 0 fully saturated rings. The van der Waals surface area contributed by atoms with Gasteiger partial charge in [0.25, 0.3) is 5.78 Å². The Balaban J connectivity index is 2.37. The van der Waals surface area contributed by atoms with E-state index in [2.05, 4.69) is 14.4 Å². The molecule has 0 spiro atoms. The lowest BCUT2D eigenvalue weighted by Crippen LogP contribution is -2.22. The maximum atomic E-state index is 12.2. The van der Waals surface area contributed by atoms with Crippen molar-refractivity contribution in [2.45, 2.75) is 19.8 Å². The van der Waals surface area contributed by atoms with Crippen LogP contribution in [0.2, 0.25) is 0 Å². The summed E-state index contributed by atoms with van der Waals surface area (Å²) in [6.07, 6.45) is 0. The highest BCUT2D eigenvalue weighted by Gasteiger charge is 2.35. The van der Waals surface area contributed by atoms with Crippen molar-refractivity contribution in [3.05, 3.63) is 41.3 Å². The van der Waals surface area contributed by atoms with Crippen molar-refractivity contribution in [3.63, 3.8) is 0 Å². The number of fused-ring (bicyclic) bond motifs is 3. The number of benzene rings is 1. The zero-order chi connectivity index (χ0) is 13.7. The van der Waals surface area contributed by atoms with E-state index in [-0.39, 0.29) is 5.92 Å². The van der Waals surface area contributed by atoms with E-state index in [9.17, 15) is 9.59 Å². The molecular weight excluding hydrogens is 259 g/mol. The van der Waals surface area contributed by atoms with Crippen LogP contribution in [0, 0.1) is 0 Å². The molecule has 0 radical (unpaired) electrons. The van der Waals surface area contributed by atoms with Crippen molar-refractivity contribution in [1.29, 1.82) is 0 Å². The second-order valence-electron chi connectivity index (χ2n) is 4.90. The Morgan fingerprint density at radius 1 is 1.11 bits per heavy atom. The average Bonchev–Trinajstić information content (AvgIpc) is 2.74. The summed E-state index contributed by atoms with van der Waals surface area (Å²) < 4.78 is 1.66. The largest absolute Gasteiger partial charge is 0.309 e. The summed E-state index contributed by atoms with van der Waals surface area (Å²) in [5.41, 5.74) is 2.17. The van der Waals surface area contributed by atoms with E-state index in [1.165, 1.54) is 0 Å². The van der Waals surface area contributed by atoms with E-state index >= 15 is 0 Å². The fourth-order valence-electron chi connectivity index (χ4n) is 2.38. The van der Waals surface area contributed by atoms with Gasteiger partial charge in [0.1, 0.15) is 17.2 Å². The molecule has 0 amide bonds. The lowest BCUT2D eigenvalue weighted by atomic mass is 9.90. The number of hydrogen-bond donors (Lipinski definition) is 0. The molecule has 0 N–H and O–H groups in total. The van der Waals surface area contributed by atoms with Gasteiger partial charge in [0.15, 0.2) is 0 Å². The van der Waals surface area contributed by atoms with Crippen LogP contribution in [-0.2, 0) is 0 Å². The smallest absolute Gasteiger partial charge is 0.252 e. The molecule has 0 saturated carbocycles. The molecule has 19 heavy (non-hydrogen) atoms. The summed E-state index contributed by atoms with van der Waals surface area (Å²) >= 11 is 0. The molecule has 0 bridgehead atoms. The predicted octanol–water partition coefficient (Wildman–Crippen LogP) is 2.69. The minimum Gasteiger partial charge on any atom is -0.309 e. The molecule has 1 unspecified atom stereocenters. The lowest BCUT2D eigenvalue weighted by Gasteiger charge is -2.13. The molecule has 1 aliphatic carbocycles. The number of ketones is 2. The first kappa shape index (κ1) is 12.2. The third-order valence-corrected chi connectivity index (χ3v) is 3.83. The normalized spacial score (nSPS) is 13.7. The third-order valence-electron chi connectivity index (χ3n) is 3.30. The van der Waals surface area contributed by atoms with Crippen LogP contribution in [0.15, 0.2) is 24.3 Å². The van der Waals surface area contributed by atoms with Gasteiger partial charge in [-0.15, -0.1) is 0 Å². The van der Waals surface area contributed by atoms with Gasteiger partial charge in [-0.3, -0.25) is 9.59 Å². The lowest BCUT2D eigenvalue weighted by molar-refractivity contribution is 0.0812. The van der Waals surface area contributed by atoms with Crippen molar-refractivity contribution in [2.24, 2.45) is 0 Å². The second-order valence-corrected chi connectivity index (χ2v) is 5.41. The SMILES string of the molecule is CC(C)c1nc2c(n1P)C(=O)C(=O)c1ccccc1-2. The van der Waals surface area contributed by atoms with Crippen molar-refractivity contribution in [3.8, 4) is 11.3 Å². The first-order chi connectivity index (χ1) is 9.02. The number of aromatic nitrogens is 2. The summed E-state index contributed by atoms with van der Waals surface area (Å²) in [5, 5.41) is 0. The number of Topliss-reactive ketones (excluding diaryl/α,β-unsaturated/α-hetero) is 2. The molecule has 1 aromatic carbocycles. The molecule has 1 atom stereocenters. The third kappa shape index (κ3) is 1.60. The van der Waals surface area contributed by atoms with Gasteiger partial charge >= 0.3 is 0 Å². The fraction of sp³-hybridized carbons (Fsp3) is 0.214. The number of nitrogens with zero attached hydrogens (tertiary/aromatic N) is 2. The van der Waals surface area contributed by atoms with Crippen LogP contribution in [-0.4, -0.2) is 20.9 Å². The molecule has 1 aromatic heterocycles. The van der Waals surface area contributed by atoms with E-state index in [0.29, 0.717) is 17.0 Å². The quantitative estimate of drug-likeness (QED) is 0.592. The minimum absolute atomic E-state index is 0.179. The molecule has 1 aliphatic rings. The Hall–Kier alpha value is -1.80. The van der Waals surface area contributed by atoms with Gasteiger partial charge in [0.2, 0.25) is 5.78 Å². The van der Waals surface area contributed by atoms with Crippen LogP contribution in [0.3, 0.4) is 0 Å². The summed E-state index contributed by atoms with van der Waals surface area (Å²) in [7, 11) is 2.48. The van der Waals surface area contributed by atoms with Crippen LogP contribution in [0.5, 0.6) is 0 Å². The van der Waals surface area contributed by atoms with Crippen molar-refractivity contribution >= 4 is 21.0 Å². The monoisotopic (exact) mass is 272 g/mol. The Morgan fingerprint density at radius 3 is 2.37 bits per heavy atom. The van der Waals surface area contributed by atoms with Crippen molar-refractivity contribution in [1.82, 2.24) is 9.32 Å². The highest BCUT2D eigenvalue weighted by molar-refractivity contribution is 7.14. The topological polar surface area (TPSA) is 52.0 Å². The van der Waals surface area contributed by atoms with Gasteiger partial charge in [-0.2, -0.15) is 0 Å². The van der Waals surface area contributed by atoms with Gasteiger partial charge in [0.05, 0.1) is 0 Å². The van der Waals surface area contributed by atoms with E-state index in [1.807, 2.05) is 26.0 Å². The Labute approximate surface area is 113 Å². The average molecular weight is 272 g/mol. The highest BCUT2D eigenvalue weighted by Crippen LogP contribution is 2.35. The zero-order valence-corrected chi connectivity index (χ0v) is 11.8. The highest BCUT2D eigenvalue weighted by atomic mass is 31.0. The van der Waals surface area contributed by atoms with Crippen molar-refractivity contribution in [2.75, 3.05) is 0 Å². The summed E-state index contributed by atoms with van der Waals surface area (Å²) in [5.74, 6) is 0.0242. The molecule has 4 nitrogen and oxygen atoms in total. The fourth-order valence-corrected chi connectivity index (χ4v) is 2.97. The van der Waals surface area contributed by atoms with Crippen molar-refractivity contribution < 1.29 is 9.59 Å². The number of carbonyl (C=O) groups is 2. The van der Waals surface area contributed by atoms with Crippen LogP contribution < -0.4 is 0 Å². The molecule has 3 rings (SSSR count). The number of carbonyl (C=O) groups excluding carboxylic acids is 2. The molecule has 2 aromatic rings. The number of rotatable bonds is 1. The van der Waals surface area contributed by atoms with Gasteiger partial charge in [-0.1, -0.05) is 38.1 Å². The first-order valence-electron chi connectivity index (χ1n) is 6.08.